The number of rotatable bonds is 17. The summed E-state index contributed by atoms with van der Waals surface area (Å²) in [5, 5.41) is 14.8. The summed E-state index contributed by atoms with van der Waals surface area (Å²) in [6.45, 7) is 0.137. The van der Waals surface area contributed by atoms with Crippen molar-refractivity contribution in [3.8, 4) is 0 Å². The van der Waals surface area contributed by atoms with Crippen LogP contribution in [0.5, 0.6) is 0 Å². The Hall–Kier alpha value is -2.36. The summed E-state index contributed by atoms with van der Waals surface area (Å²) < 4.78 is 0. The van der Waals surface area contributed by atoms with Gasteiger partial charge in [0.25, 0.3) is 0 Å². The number of carboxylic acids is 1. The minimum atomic E-state index is -2.92. The smallest absolute Gasteiger partial charge is 0.322 e. The maximum Gasteiger partial charge on any atom is 0.322 e. The van der Waals surface area contributed by atoms with Crippen LogP contribution in [0, 0.1) is 0 Å². The molecule has 0 heterocycles. The first-order valence-electron chi connectivity index (χ1n) is 13.4. The van der Waals surface area contributed by atoms with Gasteiger partial charge in [-0.15, -0.1) is 0 Å². The third kappa shape index (κ3) is 9.06. The summed E-state index contributed by atoms with van der Waals surface area (Å²) in [7, 11) is 2.64. The second-order valence-corrected chi connectivity index (χ2v) is 21.2. The van der Waals surface area contributed by atoms with E-state index in [1.54, 1.807) is 0 Å². The number of aliphatic carboxylic acids is 1. The molecule has 0 saturated carbocycles. The van der Waals surface area contributed by atoms with Crippen LogP contribution < -0.4 is 32.3 Å². The van der Waals surface area contributed by atoms with E-state index in [2.05, 4.69) is 117 Å². The van der Waals surface area contributed by atoms with E-state index in [1.807, 2.05) is 0 Å². The van der Waals surface area contributed by atoms with Crippen molar-refractivity contribution < 1.29 is 19.5 Å². The van der Waals surface area contributed by atoms with Gasteiger partial charge in [-0.3, -0.25) is 9.59 Å². The van der Waals surface area contributed by atoms with Gasteiger partial charge in [0.15, 0.2) is 0 Å². The van der Waals surface area contributed by atoms with E-state index >= 15 is 0 Å². The topological polar surface area (TPSA) is 122 Å². The third-order valence-electron chi connectivity index (χ3n) is 6.73. The van der Waals surface area contributed by atoms with Crippen LogP contribution in [0.2, 0.25) is 0 Å². The Kier molecular flexibility index (Phi) is 13.2. The van der Waals surface area contributed by atoms with Crippen molar-refractivity contribution in [3.63, 3.8) is 0 Å². The van der Waals surface area contributed by atoms with Crippen molar-refractivity contribution in [2.45, 2.75) is 25.3 Å². The third-order valence-corrected chi connectivity index (χ3v) is 19.1. The van der Waals surface area contributed by atoms with Gasteiger partial charge in [0, 0.05) is 0 Å². The van der Waals surface area contributed by atoms with E-state index in [9.17, 15) is 14.4 Å². The van der Waals surface area contributed by atoms with Gasteiger partial charge in [-0.05, 0) is 0 Å². The standard InChI is InChI=1S/C30H37BrN3O4PS2/c31-39(24-13-5-1-6-14-24,25-15-7-2-8-16-25,26-17-9-3-10-18-26)20-12-4-11-19-33-28(35)23-41-40-22-27(32)30(38)34-21-29(36)37/h1-3,5-10,13-18,27H,4,11-12,19-23,32H2,(H,33,35)(H,34,38)(H,36,37)/t27-/m0/s1. The Morgan fingerprint density at radius 1 is 0.780 bits per heavy atom. The van der Waals surface area contributed by atoms with Gasteiger partial charge >= 0.3 is 221 Å². The molecule has 0 aromatic heterocycles. The molecule has 0 aliphatic heterocycles. The molecule has 0 bridgehead atoms. The SMILES string of the molecule is N[C@@H](CSSCC(=O)NCCCCCP(Br)(c1ccccc1)(c1ccccc1)c1ccccc1)C(=O)NCC(=O)O. The van der Waals surface area contributed by atoms with E-state index in [0.717, 1.165) is 25.4 Å². The minimum absolute atomic E-state index is 0.0654. The molecular formula is C30H37BrN3O4PS2. The van der Waals surface area contributed by atoms with Crippen LogP contribution >= 0.6 is 42.4 Å². The maximum atomic E-state index is 12.3. The number of halogens is 1. The first-order valence-corrected chi connectivity index (χ1v) is 20.3. The quantitative estimate of drug-likeness (QED) is 0.0968. The summed E-state index contributed by atoms with van der Waals surface area (Å²) in [5.41, 5.74) is 5.76. The summed E-state index contributed by atoms with van der Waals surface area (Å²) >= 11 is 4.47. The number of nitrogens with two attached hydrogens (primary N) is 1. The zero-order valence-electron chi connectivity index (χ0n) is 22.8. The molecule has 0 aliphatic rings. The van der Waals surface area contributed by atoms with Crippen molar-refractivity contribution in [1.82, 2.24) is 10.6 Å². The molecule has 0 aliphatic carbocycles. The summed E-state index contributed by atoms with van der Waals surface area (Å²) in [5.74, 6) is -1.17. The molecule has 41 heavy (non-hydrogen) atoms. The Balaban J connectivity index is 1.51. The molecule has 3 aromatic carbocycles. The first-order chi connectivity index (χ1) is 19.7. The number of hydrogen-bond donors (Lipinski definition) is 4. The molecular weight excluding hydrogens is 641 g/mol. The van der Waals surface area contributed by atoms with Crippen molar-refractivity contribution in [2.24, 2.45) is 5.73 Å². The number of nitrogens with one attached hydrogen (secondary N) is 2. The van der Waals surface area contributed by atoms with E-state index in [0.29, 0.717) is 6.54 Å². The van der Waals surface area contributed by atoms with Crippen LogP contribution in [-0.4, -0.2) is 59.7 Å². The normalized spacial score (nSPS) is 13.0. The van der Waals surface area contributed by atoms with Crippen molar-refractivity contribution in [2.75, 3.05) is 30.8 Å². The fourth-order valence-electron chi connectivity index (χ4n) is 4.63. The predicted octanol–water partition coefficient (Wildman–Crippen LogP) is 4.02. The molecule has 0 unspecified atom stereocenters. The zero-order valence-corrected chi connectivity index (χ0v) is 26.9. The summed E-state index contributed by atoms with van der Waals surface area (Å²) in [4.78, 5) is 34.5. The molecule has 3 rings (SSSR count). The molecule has 0 spiro atoms. The van der Waals surface area contributed by atoms with E-state index < -0.39 is 29.8 Å². The Morgan fingerprint density at radius 3 is 1.78 bits per heavy atom. The molecule has 5 N–H and O–H groups in total. The van der Waals surface area contributed by atoms with Gasteiger partial charge in [-0.1, -0.05) is 0 Å². The fourth-order valence-corrected chi connectivity index (χ4v) is 14.4. The molecule has 1 atom stereocenters. The van der Waals surface area contributed by atoms with Crippen LogP contribution in [0.25, 0.3) is 0 Å². The molecule has 11 heteroatoms. The van der Waals surface area contributed by atoms with Crippen LogP contribution in [-0.2, 0) is 14.4 Å². The van der Waals surface area contributed by atoms with Crippen LogP contribution in [0.3, 0.4) is 0 Å². The average Bonchev–Trinajstić information content (AvgIpc) is 3.01. The zero-order chi connectivity index (χ0) is 29.6. The number of unbranched alkanes of at least 4 members (excludes halogenated alkanes) is 2. The van der Waals surface area contributed by atoms with Gasteiger partial charge in [-0.25, -0.2) is 0 Å². The van der Waals surface area contributed by atoms with E-state index in [1.165, 1.54) is 37.5 Å². The Bertz CT molecular complexity index is 1170. The number of carboxylic acid groups (broad SMARTS) is 1. The minimum Gasteiger partial charge on any atom is -0.480 e. The molecule has 2 amide bonds. The molecule has 0 saturated heterocycles. The number of amides is 2. The van der Waals surface area contributed by atoms with Gasteiger partial charge in [0.1, 0.15) is 6.54 Å². The second-order valence-electron chi connectivity index (χ2n) is 9.59. The Morgan fingerprint density at radius 2 is 1.29 bits per heavy atom. The second kappa shape index (κ2) is 16.3. The average molecular weight is 679 g/mol. The van der Waals surface area contributed by atoms with E-state index in [4.69, 9.17) is 10.8 Å². The van der Waals surface area contributed by atoms with E-state index in [-0.39, 0.29) is 17.4 Å². The van der Waals surface area contributed by atoms with Gasteiger partial charge < -0.3 is 16.2 Å². The van der Waals surface area contributed by atoms with Crippen LogP contribution in [0.15, 0.2) is 91.0 Å². The van der Waals surface area contributed by atoms with Gasteiger partial charge in [-0.2, -0.15) is 0 Å². The summed E-state index contributed by atoms with van der Waals surface area (Å²) in [6, 6.07) is 31.4. The van der Waals surface area contributed by atoms with Crippen molar-refractivity contribution >= 4 is 76.1 Å². The largest absolute Gasteiger partial charge is 0.480 e. The molecule has 3 aromatic rings. The van der Waals surface area contributed by atoms with Gasteiger partial charge in [0.05, 0.1) is 0 Å². The summed E-state index contributed by atoms with van der Waals surface area (Å²) in [6.07, 6.45) is 3.79. The number of hydrogen-bond acceptors (Lipinski definition) is 6. The first kappa shape index (κ1) is 33.1. The fraction of sp³-hybridized carbons (Fsp3) is 0.300. The van der Waals surface area contributed by atoms with Crippen molar-refractivity contribution in [3.05, 3.63) is 91.0 Å². The molecule has 7 nitrogen and oxygen atoms in total. The van der Waals surface area contributed by atoms with Crippen LogP contribution in [0.1, 0.15) is 19.3 Å². The number of carbonyl (C=O) groups excluding carboxylic acids is 2. The molecule has 0 fully saturated rings. The molecule has 220 valence electrons. The Labute approximate surface area is 257 Å². The van der Waals surface area contributed by atoms with Crippen LogP contribution in [0.4, 0.5) is 0 Å². The number of benzene rings is 3. The monoisotopic (exact) mass is 677 g/mol. The van der Waals surface area contributed by atoms with Crippen molar-refractivity contribution in [1.29, 1.82) is 0 Å². The van der Waals surface area contributed by atoms with Gasteiger partial charge in [0.2, 0.25) is 5.91 Å². The maximum absolute atomic E-state index is 12.3. The molecule has 0 radical (unpaired) electrons. The predicted molar refractivity (Wildman–Crippen MR) is 179 cm³/mol. The number of carbonyl (C=O) groups is 3.